The molecule has 2 aromatic rings. The van der Waals surface area contributed by atoms with E-state index in [9.17, 15) is 9.59 Å². The summed E-state index contributed by atoms with van der Waals surface area (Å²) < 4.78 is 14.6. The summed E-state index contributed by atoms with van der Waals surface area (Å²) in [5.74, 6) is -0.672. The van der Waals surface area contributed by atoms with Gasteiger partial charge in [-0.2, -0.15) is 0 Å². The molecule has 0 unspecified atom stereocenters. The molecule has 0 saturated carbocycles. The summed E-state index contributed by atoms with van der Waals surface area (Å²) in [5.41, 5.74) is 0.140. The van der Waals surface area contributed by atoms with Gasteiger partial charge in [-0.3, -0.25) is 0 Å². The van der Waals surface area contributed by atoms with Gasteiger partial charge in [-0.15, -0.1) is 11.3 Å². The van der Waals surface area contributed by atoms with Gasteiger partial charge in [-0.1, -0.05) is 0 Å². The van der Waals surface area contributed by atoms with E-state index in [0.717, 1.165) is 0 Å². The van der Waals surface area contributed by atoms with Gasteiger partial charge in [0.2, 0.25) is 0 Å². The first-order valence-electron chi connectivity index (χ1n) is 5.53. The normalized spacial score (nSPS) is 10.2. The first-order valence-corrected chi connectivity index (χ1v) is 6.41. The molecule has 0 aliphatic rings. The standard InChI is InChI=1S/C12H11NO5S/c1-2-16-10(14)6-18-12(15)8-7-19-11(13-8)9-4-3-5-17-9/h3-5,7H,2,6H2,1H3. The van der Waals surface area contributed by atoms with Crippen LogP contribution in [0.25, 0.3) is 10.8 Å². The molecule has 0 N–H and O–H groups in total. The minimum absolute atomic E-state index is 0.140. The number of carbonyl (C=O) groups excluding carboxylic acids is 2. The third-order valence-corrected chi connectivity index (χ3v) is 2.93. The Hall–Kier alpha value is -2.15. The monoisotopic (exact) mass is 281 g/mol. The van der Waals surface area contributed by atoms with Crippen LogP contribution in [0, 0.1) is 0 Å². The molecule has 0 spiro atoms. The molecule has 0 aromatic carbocycles. The summed E-state index contributed by atoms with van der Waals surface area (Å²) in [6.45, 7) is 1.51. The summed E-state index contributed by atoms with van der Waals surface area (Å²) >= 11 is 1.26. The van der Waals surface area contributed by atoms with Crippen LogP contribution in [0.15, 0.2) is 28.2 Å². The number of hydrogen-bond donors (Lipinski definition) is 0. The molecule has 0 aliphatic carbocycles. The Morgan fingerprint density at radius 2 is 2.26 bits per heavy atom. The molecule has 0 bridgehead atoms. The van der Waals surface area contributed by atoms with E-state index in [0.29, 0.717) is 10.8 Å². The SMILES string of the molecule is CCOC(=O)COC(=O)c1csc(-c2ccco2)n1. The molecule has 100 valence electrons. The number of rotatable bonds is 5. The highest BCUT2D eigenvalue weighted by Gasteiger charge is 2.16. The highest BCUT2D eigenvalue weighted by molar-refractivity contribution is 7.13. The van der Waals surface area contributed by atoms with E-state index in [2.05, 4.69) is 9.72 Å². The average Bonchev–Trinajstić information content (AvgIpc) is 3.06. The van der Waals surface area contributed by atoms with Gasteiger partial charge in [0.1, 0.15) is 0 Å². The topological polar surface area (TPSA) is 78.6 Å². The summed E-state index contributed by atoms with van der Waals surface area (Å²) in [6, 6.07) is 3.47. The van der Waals surface area contributed by atoms with Crippen LogP contribution < -0.4 is 0 Å². The maximum atomic E-state index is 11.6. The smallest absolute Gasteiger partial charge is 0.358 e. The van der Waals surface area contributed by atoms with Crippen molar-refractivity contribution in [3.05, 3.63) is 29.5 Å². The van der Waals surface area contributed by atoms with Gasteiger partial charge in [0.15, 0.2) is 23.1 Å². The van der Waals surface area contributed by atoms with Crippen molar-refractivity contribution in [2.24, 2.45) is 0 Å². The zero-order valence-corrected chi connectivity index (χ0v) is 10.9. The molecule has 2 heterocycles. The molecule has 19 heavy (non-hydrogen) atoms. The summed E-state index contributed by atoms with van der Waals surface area (Å²) in [7, 11) is 0. The lowest BCUT2D eigenvalue weighted by atomic mass is 10.4. The van der Waals surface area contributed by atoms with Gasteiger partial charge in [0.25, 0.3) is 0 Å². The van der Waals surface area contributed by atoms with Gasteiger partial charge >= 0.3 is 11.9 Å². The fourth-order valence-corrected chi connectivity index (χ4v) is 2.04. The van der Waals surface area contributed by atoms with Gasteiger partial charge in [-0.05, 0) is 19.1 Å². The first-order chi connectivity index (χ1) is 9.20. The van der Waals surface area contributed by atoms with Crippen molar-refractivity contribution in [3.8, 4) is 10.8 Å². The second-order valence-electron chi connectivity index (χ2n) is 3.40. The van der Waals surface area contributed by atoms with Gasteiger partial charge in [-0.25, -0.2) is 14.6 Å². The second kappa shape index (κ2) is 6.14. The largest absolute Gasteiger partial charge is 0.463 e. The van der Waals surface area contributed by atoms with Crippen molar-refractivity contribution >= 4 is 23.3 Å². The van der Waals surface area contributed by atoms with E-state index < -0.39 is 18.5 Å². The lowest BCUT2D eigenvalue weighted by molar-refractivity contribution is -0.146. The Morgan fingerprint density at radius 1 is 1.42 bits per heavy atom. The average molecular weight is 281 g/mol. The fraction of sp³-hybridized carbons (Fsp3) is 0.250. The second-order valence-corrected chi connectivity index (χ2v) is 4.25. The number of ether oxygens (including phenoxy) is 2. The van der Waals surface area contributed by atoms with Crippen molar-refractivity contribution in [2.75, 3.05) is 13.2 Å². The third-order valence-electron chi connectivity index (χ3n) is 2.07. The molecule has 0 amide bonds. The molecule has 0 saturated heterocycles. The fourth-order valence-electron chi connectivity index (χ4n) is 1.28. The van der Waals surface area contributed by atoms with Gasteiger partial charge in [0.05, 0.1) is 12.9 Å². The predicted octanol–water partition coefficient (Wildman–Crippen LogP) is 2.12. The maximum Gasteiger partial charge on any atom is 0.358 e. The van der Waals surface area contributed by atoms with E-state index in [-0.39, 0.29) is 12.3 Å². The van der Waals surface area contributed by atoms with Crippen LogP contribution in [-0.2, 0) is 14.3 Å². The Balaban J connectivity index is 1.95. The summed E-state index contributed by atoms with van der Waals surface area (Å²) in [5, 5.41) is 2.12. The number of aromatic nitrogens is 1. The maximum absolute atomic E-state index is 11.6. The minimum Gasteiger partial charge on any atom is -0.463 e. The van der Waals surface area contributed by atoms with Gasteiger partial charge < -0.3 is 13.9 Å². The number of esters is 2. The molecular weight excluding hydrogens is 270 g/mol. The number of nitrogens with zero attached hydrogens (tertiary/aromatic N) is 1. The molecule has 2 rings (SSSR count). The third kappa shape index (κ3) is 3.41. The summed E-state index contributed by atoms with van der Waals surface area (Å²) in [4.78, 5) is 26.7. The van der Waals surface area contributed by atoms with E-state index in [1.54, 1.807) is 24.4 Å². The van der Waals surface area contributed by atoms with Crippen LogP contribution in [0.2, 0.25) is 0 Å². The van der Waals surface area contributed by atoms with Gasteiger partial charge in [0, 0.05) is 5.38 Å². The highest BCUT2D eigenvalue weighted by Crippen LogP contribution is 2.24. The lowest BCUT2D eigenvalue weighted by Crippen LogP contribution is -2.16. The molecule has 7 heteroatoms. The van der Waals surface area contributed by atoms with Crippen LogP contribution in [0.3, 0.4) is 0 Å². The van der Waals surface area contributed by atoms with Crippen molar-refractivity contribution < 1.29 is 23.5 Å². The van der Waals surface area contributed by atoms with E-state index in [1.807, 2.05) is 0 Å². The first kappa shape index (κ1) is 13.3. The molecule has 0 aliphatic heterocycles. The van der Waals surface area contributed by atoms with Crippen LogP contribution in [0.4, 0.5) is 0 Å². The van der Waals surface area contributed by atoms with Crippen molar-refractivity contribution in [2.45, 2.75) is 6.92 Å². The number of furan rings is 1. The molecule has 0 fully saturated rings. The minimum atomic E-state index is -0.665. The molecule has 2 aromatic heterocycles. The number of thiazole rings is 1. The van der Waals surface area contributed by atoms with Crippen LogP contribution in [0.1, 0.15) is 17.4 Å². The van der Waals surface area contributed by atoms with Crippen molar-refractivity contribution in [1.29, 1.82) is 0 Å². The van der Waals surface area contributed by atoms with E-state index in [1.165, 1.54) is 17.6 Å². The zero-order chi connectivity index (χ0) is 13.7. The van der Waals surface area contributed by atoms with E-state index >= 15 is 0 Å². The molecule has 0 atom stereocenters. The quantitative estimate of drug-likeness (QED) is 0.781. The highest BCUT2D eigenvalue weighted by atomic mass is 32.1. The van der Waals surface area contributed by atoms with Crippen molar-refractivity contribution in [1.82, 2.24) is 4.98 Å². The summed E-state index contributed by atoms with van der Waals surface area (Å²) in [6.07, 6.45) is 1.52. The number of carbonyl (C=O) groups is 2. The van der Waals surface area contributed by atoms with Crippen LogP contribution >= 0.6 is 11.3 Å². The number of hydrogen-bond acceptors (Lipinski definition) is 7. The Morgan fingerprint density at radius 3 is 2.95 bits per heavy atom. The predicted molar refractivity (Wildman–Crippen MR) is 66.7 cm³/mol. The Labute approximate surface area is 113 Å². The lowest BCUT2D eigenvalue weighted by Gasteiger charge is -2.02. The molecule has 6 nitrogen and oxygen atoms in total. The van der Waals surface area contributed by atoms with Crippen LogP contribution in [-0.4, -0.2) is 30.1 Å². The Kier molecular flexibility index (Phi) is 4.30. The van der Waals surface area contributed by atoms with Crippen LogP contribution in [0.5, 0.6) is 0 Å². The molecular formula is C12H11NO5S. The van der Waals surface area contributed by atoms with E-state index in [4.69, 9.17) is 9.15 Å². The van der Waals surface area contributed by atoms with Crippen molar-refractivity contribution in [3.63, 3.8) is 0 Å². The zero-order valence-electron chi connectivity index (χ0n) is 10.1. The molecule has 0 radical (unpaired) electrons. The Bertz CT molecular complexity index is 560.